The quantitative estimate of drug-likeness (QED) is 0.274. The average Bonchev–Trinajstić information content (AvgIpc) is 3.46. The van der Waals surface area contributed by atoms with E-state index in [2.05, 4.69) is 80.9 Å². The van der Waals surface area contributed by atoms with E-state index in [0.29, 0.717) is 6.54 Å². The van der Waals surface area contributed by atoms with Gasteiger partial charge in [0.05, 0.1) is 52.7 Å². The molecule has 200 valence electrons. The number of fused-ring (bicyclic) bond motifs is 2. The van der Waals surface area contributed by atoms with E-state index in [-0.39, 0.29) is 5.41 Å². The molecular formula is C31H36N8. The van der Waals surface area contributed by atoms with Gasteiger partial charge in [0.25, 0.3) is 0 Å². The highest BCUT2D eigenvalue weighted by molar-refractivity contribution is 5.99. The highest BCUT2D eigenvalue weighted by atomic mass is 15.1. The molecule has 0 spiro atoms. The van der Waals surface area contributed by atoms with Crippen molar-refractivity contribution in [2.45, 2.75) is 46.5 Å². The number of piperidine rings is 1. The van der Waals surface area contributed by atoms with Gasteiger partial charge in [0, 0.05) is 36.0 Å². The second-order valence-electron chi connectivity index (χ2n) is 11.7. The van der Waals surface area contributed by atoms with Gasteiger partial charge >= 0.3 is 0 Å². The Balaban J connectivity index is 1.33. The molecule has 0 aliphatic carbocycles. The number of allylic oxidation sites excluding steroid dienone is 4. The van der Waals surface area contributed by atoms with Crippen LogP contribution in [0.4, 0.5) is 5.69 Å². The fraction of sp³-hybridized carbons (Fsp3) is 0.355. The molecule has 0 unspecified atom stereocenters. The lowest BCUT2D eigenvalue weighted by atomic mass is 9.91. The molecule has 6 heterocycles. The van der Waals surface area contributed by atoms with Crippen LogP contribution in [-0.2, 0) is 0 Å². The van der Waals surface area contributed by atoms with Crippen molar-refractivity contribution in [1.29, 1.82) is 0 Å². The van der Waals surface area contributed by atoms with Gasteiger partial charge in [0.15, 0.2) is 0 Å². The van der Waals surface area contributed by atoms with Crippen LogP contribution in [0.2, 0.25) is 0 Å². The summed E-state index contributed by atoms with van der Waals surface area (Å²) in [4.78, 5) is 20.1. The van der Waals surface area contributed by atoms with Crippen LogP contribution < -0.4 is 10.2 Å². The Labute approximate surface area is 229 Å². The van der Waals surface area contributed by atoms with E-state index in [1.807, 2.05) is 30.7 Å². The summed E-state index contributed by atoms with van der Waals surface area (Å²) in [6, 6.07) is 6.26. The third kappa shape index (κ3) is 5.37. The molecule has 0 saturated carbocycles. The molecule has 6 rings (SSSR count). The van der Waals surface area contributed by atoms with Crippen LogP contribution in [0.1, 0.15) is 52.1 Å². The summed E-state index contributed by atoms with van der Waals surface area (Å²) in [5.41, 5.74) is 9.59. The van der Waals surface area contributed by atoms with Crippen LogP contribution in [0.5, 0.6) is 0 Å². The molecule has 4 aromatic heterocycles. The monoisotopic (exact) mass is 520 g/mol. The Hall–Kier alpha value is -4.20. The number of anilines is 1. The first-order valence-electron chi connectivity index (χ1n) is 13.8. The highest BCUT2D eigenvalue weighted by Crippen LogP contribution is 2.34. The summed E-state index contributed by atoms with van der Waals surface area (Å²) in [7, 11) is 0. The van der Waals surface area contributed by atoms with Crippen molar-refractivity contribution in [3.63, 3.8) is 0 Å². The Morgan fingerprint density at radius 2 is 1.95 bits per heavy atom. The van der Waals surface area contributed by atoms with Crippen molar-refractivity contribution in [2.75, 3.05) is 24.5 Å². The second-order valence-corrected chi connectivity index (χ2v) is 11.7. The minimum Gasteiger partial charge on any atom is -0.370 e. The van der Waals surface area contributed by atoms with Gasteiger partial charge in [0.2, 0.25) is 0 Å². The third-order valence-electron chi connectivity index (χ3n) is 7.20. The SMILES string of the molecule is C=C(CC(C)(C)C)NC1=CC(c2ccc3[nH]nc(-c4cc5c(N6CCCCC6)cncc5[nH]4)c3n2)=CCN=C1. The molecule has 8 heteroatoms. The zero-order valence-electron chi connectivity index (χ0n) is 23.0. The maximum absolute atomic E-state index is 5.07. The molecule has 4 aromatic rings. The molecule has 1 fully saturated rings. The van der Waals surface area contributed by atoms with E-state index in [4.69, 9.17) is 4.98 Å². The zero-order chi connectivity index (χ0) is 27.0. The number of aliphatic imine (C=N–C) groups is 1. The van der Waals surface area contributed by atoms with Crippen molar-refractivity contribution < 1.29 is 0 Å². The smallest absolute Gasteiger partial charge is 0.135 e. The van der Waals surface area contributed by atoms with Crippen LogP contribution in [0.25, 0.3) is 38.9 Å². The number of H-pyrrole nitrogens is 2. The Morgan fingerprint density at radius 3 is 2.77 bits per heavy atom. The molecule has 0 amide bonds. The predicted octanol–water partition coefficient (Wildman–Crippen LogP) is 6.38. The predicted molar refractivity (Wildman–Crippen MR) is 161 cm³/mol. The Morgan fingerprint density at radius 1 is 1.10 bits per heavy atom. The van der Waals surface area contributed by atoms with E-state index in [9.17, 15) is 0 Å². The summed E-state index contributed by atoms with van der Waals surface area (Å²) in [5.74, 6) is 0. The molecule has 2 aliphatic heterocycles. The van der Waals surface area contributed by atoms with Crippen molar-refractivity contribution >= 4 is 39.4 Å². The number of hydrogen-bond acceptors (Lipinski definition) is 6. The Kier molecular flexibility index (Phi) is 6.54. The molecule has 8 nitrogen and oxygen atoms in total. The van der Waals surface area contributed by atoms with E-state index in [0.717, 1.165) is 70.1 Å². The number of pyridine rings is 2. The number of rotatable bonds is 6. The van der Waals surface area contributed by atoms with Crippen molar-refractivity contribution in [1.82, 2.24) is 30.5 Å². The lowest BCUT2D eigenvalue weighted by Crippen LogP contribution is -2.29. The fourth-order valence-corrected chi connectivity index (χ4v) is 5.50. The van der Waals surface area contributed by atoms with Crippen molar-refractivity contribution in [3.05, 3.63) is 66.4 Å². The summed E-state index contributed by atoms with van der Waals surface area (Å²) >= 11 is 0. The van der Waals surface area contributed by atoms with E-state index < -0.39 is 0 Å². The molecule has 0 bridgehead atoms. The first-order valence-corrected chi connectivity index (χ1v) is 13.8. The van der Waals surface area contributed by atoms with Gasteiger partial charge in [-0.2, -0.15) is 5.10 Å². The van der Waals surface area contributed by atoms with Crippen LogP contribution in [0.3, 0.4) is 0 Å². The van der Waals surface area contributed by atoms with Crippen LogP contribution in [-0.4, -0.2) is 51.0 Å². The molecule has 2 aliphatic rings. The van der Waals surface area contributed by atoms with E-state index in [1.165, 1.54) is 30.3 Å². The van der Waals surface area contributed by atoms with Gasteiger partial charge < -0.3 is 15.2 Å². The number of aromatic amines is 2. The van der Waals surface area contributed by atoms with Crippen LogP contribution >= 0.6 is 0 Å². The topological polar surface area (TPSA) is 97.9 Å². The summed E-state index contributed by atoms with van der Waals surface area (Å²) in [5, 5.41) is 12.4. The zero-order valence-corrected chi connectivity index (χ0v) is 23.0. The van der Waals surface area contributed by atoms with E-state index >= 15 is 0 Å². The number of nitrogens with one attached hydrogen (secondary N) is 3. The fourth-order valence-electron chi connectivity index (χ4n) is 5.50. The van der Waals surface area contributed by atoms with Crippen LogP contribution in [0, 0.1) is 5.41 Å². The maximum Gasteiger partial charge on any atom is 0.135 e. The van der Waals surface area contributed by atoms with Gasteiger partial charge in [-0.05, 0) is 55.4 Å². The van der Waals surface area contributed by atoms with Gasteiger partial charge in [-0.15, -0.1) is 0 Å². The van der Waals surface area contributed by atoms with Crippen molar-refractivity contribution in [3.8, 4) is 11.4 Å². The number of nitrogens with zero attached hydrogens (tertiary/aromatic N) is 5. The minimum absolute atomic E-state index is 0.155. The number of aromatic nitrogens is 5. The number of hydrogen-bond donors (Lipinski definition) is 3. The molecule has 39 heavy (non-hydrogen) atoms. The molecule has 0 aromatic carbocycles. The molecule has 0 atom stereocenters. The molecular weight excluding hydrogens is 484 g/mol. The molecule has 3 N–H and O–H groups in total. The summed E-state index contributed by atoms with van der Waals surface area (Å²) < 4.78 is 0. The molecule has 1 saturated heterocycles. The van der Waals surface area contributed by atoms with Crippen molar-refractivity contribution in [2.24, 2.45) is 10.4 Å². The van der Waals surface area contributed by atoms with E-state index in [1.54, 1.807) is 0 Å². The first-order chi connectivity index (χ1) is 18.8. The maximum atomic E-state index is 5.07. The summed E-state index contributed by atoms with van der Waals surface area (Å²) in [6.45, 7) is 13.6. The normalized spacial score (nSPS) is 16.3. The lowest BCUT2D eigenvalue weighted by molar-refractivity contribution is 0.403. The third-order valence-corrected chi connectivity index (χ3v) is 7.20. The van der Waals surface area contributed by atoms with Gasteiger partial charge in [-0.25, -0.2) is 4.98 Å². The second kappa shape index (κ2) is 10.2. The minimum atomic E-state index is 0.155. The highest BCUT2D eigenvalue weighted by Gasteiger charge is 2.19. The lowest BCUT2D eigenvalue weighted by Gasteiger charge is -2.28. The van der Waals surface area contributed by atoms with Crippen LogP contribution in [0.15, 0.2) is 65.7 Å². The standard InChI is InChI=1S/C31H36N8/c1-20(16-31(2,3)4)34-22-14-21(10-11-32-17-22)24-8-9-25-29(36-24)30(38-37-25)26-15-23-27(35-26)18-33-19-28(23)39-12-6-5-7-13-39/h8-10,14-15,17-19,34-35H,1,5-7,11-13,16H2,2-4H3,(H,37,38). The average molecular weight is 521 g/mol. The van der Waals surface area contributed by atoms with Gasteiger partial charge in [0.1, 0.15) is 11.2 Å². The largest absolute Gasteiger partial charge is 0.370 e. The molecule has 0 radical (unpaired) electrons. The Bertz CT molecular complexity index is 1620. The van der Waals surface area contributed by atoms with Gasteiger partial charge in [-0.3, -0.25) is 15.1 Å². The van der Waals surface area contributed by atoms with Gasteiger partial charge in [-0.1, -0.05) is 33.4 Å². The summed E-state index contributed by atoms with van der Waals surface area (Å²) in [6.07, 6.45) is 14.6. The first kappa shape index (κ1) is 25.1.